The molecule has 0 aliphatic carbocycles. The van der Waals surface area contributed by atoms with Crippen LogP contribution in [-0.4, -0.2) is 26.9 Å². The normalized spacial score (nSPS) is 10.2. The van der Waals surface area contributed by atoms with Gasteiger partial charge in [-0.1, -0.05) is 0 Å². The van der Waals surface area contributed by atoms with Crippen molar-refractivity contribution < 1.29 is 9.47 Å². The van der Waals surface area contributed by atoms with Gasteiger partial charge in [-0.3, -0.25) is 4.68 Å². The van der Waals surface area contributed by atoms with Crippen molar-refractivity contribution in [2.75, 3.05) is 12.8 Å². The lowest BCUT2D eigenvalue weighted by Crippen LogP contribution is -2.00. The lowest BCUT2D eigenvalue weighted by Gasteiger charge is -2.08. The number of methoxy groups -OCH3 is 1. The van der Waals surface area contributed by atoms with Crippen molar-refractivity contribution in [3.05, 3.63) is 18.7 Å². The molecule has 2 N–H and O–H groups in total. The topological polar surface area (TPSA) is 88.1 Å². The third-order valence-corrected chi connectivity index (χ3v) is 2.15. The van der Waals surface area contributed by atoms with Crippen molar-refractivity contribution in [3.63, 3.8) is 0 Å². The highest BCUT2D eigenvalue weighted by Crippen LogP contribution is 2.31. The van der Waals surface area contributed by atoms with Crippen LogP contribution in [0.1, 0.15) is 6.92 Å². The zero-order valence-electron chi connectivity index (χ0n) is 9.62. The summed E-state index contributed by atoms with van der Waals surface area (Å²) in [7, 11) is 1.48. The summed E-state index contributed by atoms with van der Waals surface area (Å²) in [6, 6.07) is 0. The van der Waals surface area contributed by atoms with Gasteiger partial charge in [0.05, 0.1) is 19.5 Å². The summed E-state index contributed by atoms with van der Waals surface area (Å²) in [5, 5.41) is 4.08. The summed E-state index contributed by atoms with van der Waals surface area (Å²) in [5.41, 5.74) is 5.64. The van der Waals surface area contributed by atoms with Crippen molar-refractivity contribution >= 4 is 5.82 Å². The van der Waals surface area contributed by atoms with Crippen molar-refractivity contribution in [1.29, 1.82) is 0 Å². The Morgan fingerprint density at radius 1 is 1.41 bits per heavy atom. The second kappa shape index (κ2) is 4.69. The molecule has 2 heterocycles. The van der Waals surface area contributed by atoms with Crippen molar-refractivity contribution in [2.45, 2.75) is 13.5 Å². The summed E-state index contributed by atoms with van der Waals surface area (Å²) in [4.78, 5) is 7.78. The van der Waals surface area contributed by atoms with E-state index in [1.165, 1.54) is 13.4 Å². The van der Waals surface area contributed by atoms with Crippen LogP contribution in [0.4, 0.5) is 5.82 Å². The molecule has 0 radical (unpaired) electrons. The number of nitrogens with two attached hydrogens (primary N) is 1. The lowest BCUT2D eigenvalue weighted by atomic mass is 10.5. The maximum atomic E-state index is 5.64. The molecule has 0 amide bonds. The zero-order valence-corrected chi connectivity index (χ0v) is 9.62. The largest absolute Gasteiger partial charge is 0.489 e. The van der Waals surface area contributed by atoms with Crippen LogP contribution in [0.2, 0.25) is 0 Å². The van der Waals surface area contributed by atoms with E-state index in [9.17, 15) is 0 Å². The molecule has 0 spiro atoms. The van der Waals surface area contributed by atoms with E-state index in [1.54, 1.807) is 17.1 Å². The molecule has 0 aromatic carbocycles. The molecule has 2 aromatic rings. The highest BCUT2D eigenvalue weighted by Gasteiger charge is 2.12. The second-order valence-electron chi connectivity index (χ2n) is 3.23. The number of nitrogen functional groups attached to an aromatic ring is 1. The third-order valence-electron chi connectivity index (χ3n) is 2.15. The second-order valence-corrected chi connectivity index (χ2v) is 3.23. The van der Waals surface area contributed by atoms with Crippen LogP contribution in [-0.2, 0) is 6.54 Å². The molecule has 0 aliphatic heterocycles. The maximum Gasteiger partial charge on any atom is 0.268 e. The fourth-order valence-corrected chi connectivity index (χ4v) is 1.32. The Morgan fingerprint density at radius 2 is 2.24 bits per heavy atom. The van der Waals surface area contributed by atoms with Gasteiger partial charge in [-0.15, -0.1) is 0 Å². The molecule has 2 rings (SSSR count). The number of hydrogen-bond donors (Lipinski definition) is 1. The van der Waals surface area contributed by atoms with Crippen molar-refractivity contribution in [3.8, 4) is 17.4 Å². The average molecular weight is 235 g/mol. The molecule has 90 valence electrons. The molecule has 0 saturated heterocycles. The fraction of sp³-hybridized carbons (Fsp3) is 0.300. The fourth-order valence-electron chi connectivity index (χ4n) is 1.32. The monoisotopic (exact) mass is 235 g/mol. The molecule has 0 unspecified atom stereocenters. The van der Waals surface area contributed by atoms with Crippen LogP contribution in [0.15, 0.2) is 18.7 Å². The first-order valence-corrected chi connectivity index (χ1v) is 5.09. The molecule has 0 saturated carbocycles. The van der Waals surface area contributed by atoms with Gasteiger partial charge in [0, 0.05) is 6.54 Å². The maximum absolute atomic E-state index is 5.64. The first-order valence-electron chi connectivity index (χ1n) is 5.09. The van der Waals surface area contributed by atoms with Gasteiger partial charge in [0.2, 0.25) is 5.75 Å². The summed E-state index contributed by atoms with van der Waals surface area (Å²) >= 11 is 0. The molecule has 0 atom stereocenters. The van der Waals surface area contributed by atoms with E-state index in [1.807, 2.05) is 6.92 Å². The molecule has 7 nitrogen and oxygen atoms in total. The van der Waals surface area contributed by atoms with E-state index in [-0.39, 0.29) is 11.7 Å². The minimum atomic E-state index is 0.236. The summed E-state index contributed by atoms with van der Waals surface area (Å²) in [6.07, 6.45) is 4.68. The SMILES string of the molecule is CCn1cc(Oc2ncnc(N)c2OC)cn1. The number of nitrogens with zero attached hydrogens (tertiary/aromatic N) is 4. The highest BCUT2D eigenvalue weighted by molar-refractivity contribution is 5.52. The first kappa shape index (κ1) is 11.2. The van der Waals surface area contributed by atoms with E-state index in [2.05, 4.69) is 15.1 Å². The zero-order chi connectivity index (χ0) is 12.3. The Morgan fingerprint density at radius 3 is 2.88 bits per heavy atom. The summed E-state index contributed by atoms with van der Waals surface area (Å²) < 4.78 is 12.3. The Labute approximate surface area is 98.2 Å². The van der Waals surface area contributed by atoms with E-state index < -0.39 is 0 Å². The summed E-state index contributed by atoms with van der Waals surface area (Å²) in [6.45, 7) is 2.76. The van der Waals surface area contributed by atoms with Crippen molar-refractivity contribution in [1.82, 2.24) is 19.7 Å². The van der Waals surface area contributed by atoms with Crippen LogP contribution in [0.3, 0.4) is 0 Å². The van der Waals surface area contributed by atoms with Gasteiger partial charge in [-0.05, 0) is 6.92 Å². The number of ether oxygens (including phenoxy) is 2. The predicted molar refractivity (Wildman–Crippen MR) is 61.0 cm³/mol. The number of rotatable bonds is 4. The quantitative estimate of drug-likeness (QED) is 0.852. The van der Waals surface area contributed by atoms with Crippen LogP contribution in [0.5, 0.6) is 17.4 Å². The van der Waals surface area contributed by atoms with E-state index in [0.717, 1.165) is 6.54 Å². The smallest absolute Gasteiger partial charge is 0.268 e. The molecule has 0 aliphatic rings. The standard InChI is InChI=1S/C10H13N5O2/c1-3-15-5-7(4-14-15)17-10-8(16-2)9(11)12-6-13-10/h4-6H,3H2,1-2H3,(H2,11,12,13). The van der Waals surface area contributed by atoms with Gasteiger partial charge in [0.1, 0.15) is 6.33 Å². The van der Waals surface area contributed by atoms with E-state index >= 15 is 0 Å². The van der Waals surface area contributed by atoms with E-state index in [0.29, 0.717) is 11.5 Å². The number of aromatic nitrogens is 4. The number of hydrogen-bond acceptors (Lipinski definition) is 6. The number of anilines is 1. The summed E-state index contributed by atoms with van der Waals surface area (Å²) in [5.74, 6) is 1.40. The van der Waals surface area contributed by atoms with Gasteiger partial charge in [-0.2, -0.15) is 10.1 Å². The average Bonchev–Trinajstić information content (AvgIpc) is 2.77. The predicted octanol–water partition coefficient (Wildman–Crippen LogP) is 1.08. The molecular weight excluding hydrogens is 222 g/mol. The van der Waals surface area contributed by atoms with Gasteiger partial charge in [0.15, 0.2) is 11.6 Å². The molecule has 17 heavy (non-hydrogen) atoms. The Bertz CT molecular complexity index is 511. The van der Waals surface area contributed by atoms with Gasteiger partial charge >= 0.3 is 0 Å². The van der Waals surface area contributed by atoms with Gasteiger partial charge in [0.25, 0.3) is 5.88 Å². The van der Waals surface area contributed by atoms with Crippen LogP contribution >= 0.6 is 0 Å². The van der Waals surface area contributed by atoms with Gasteiger partial charge in [-0.25, -0.2) is 4.98 Å². The third kappa shape index (κ3) is 2.27. The van der Waals surface area contributed by atoms with Crippen LogP contribution in [0, 0.1) is 0 Å². The Hall–Kier alpha value is -2.31. The lowest BCUT2D eigenvalue weighted by molar-refractivity contribution is 0.369. The number of aryl methyl sites for hydroxylation is 1. The molecule has 0 bridgehead atoms. The highest BCUT2D eigenvalue weighted by atomic mass is 16.5. The molecule has 2 aromatic heterocycles. The van der Waals surface area contributed by atoms with Crippen LogP contribution < -0.4 is 15.2 Å². The molecule has 7 heteroatoms. The Kier molecular flexibility index (Phi) is 3.08. The van der Waals surface area contributed by atoms with E-state index in [4.69, 9.17) is 15.2 Å². The minimum absolute atomic E-state index is 0.236. The van der Waals surface area contributed by atoms with Gasteiger partial charge < -0.3 is 15.2 Å². The molecule has 0 fully saturated rings. The van der Waals surface area contributed by atoms with Crippen molar-refractivity contribution in [2.24, 2.45) is 0 Å². The Balaban J connectivity index is 2.26. The first-order chi connectivity index (χ1) is 8.24. The van der Waals surface area contributed by atoms with Crippen LogP contribution in [0.25, 0.3) is 0 Å². The minimum Gasteiger partial charge on any atom is -0.489 e. The molecular formula is C10H13N5O2.